The Hall–Kier alpha value is -2.54. The number of hydrogen-bond donors (Lipinski definition) is 1. The SMILES string of the molecule is CN1N=C(C(=O)Nc2cccc(-c3nccs3)c2)CCC1=O. The topological polar surface area (TPSA) is 74.7 Å². The first-order valence-electron chi connectivity index (χ1n) is 6.79. The van der Waals surface area contributed by atoms with Gasteiger partial charge in [0.25, 0.3) is 5.91 Å². The summed E-state index contributed by atoms with van der Waals surface area (Å²) in [5.74, 6) is -0.363. The van der Waals surface area contributed by atoms with E-state index in [1.54, 1.807) is 24.6 Å². The van der Waals surface area contributed by atoms with Crippen LogP contribution in [-0.2, 0) is 9.59 Å². The molecule has 1 aliphatic heterocycles. The van der Waals surface area contributed by atoms with Gasteiger partial charge in [0.1, 0.15) is 10.7 Å². The molecule has 0 saturated carbocycles. The van der Waals surface area contributed by atoms with Crippen LogP contribution in [0, 0.1) is 0 Å². The van der Waals surface area contributed by atoms with Crippen molar-refractivity contribution in [2.45, 2.75) is 12.8 Å². The number of thiazole rings is 1. The van der Waals surface area contributed by atoms with Crippen LogP contribution >= 0.6 is 11.3 Å². The van der Waals surface area contributed by atoms with Crippen molar-refractivity contribution in [3.63, 3.8) is 0 Å². The number of anilines is 1. The van der Waals surface area contributed by atoms with Crippen LogP contribution in [0.5, 0.6) is 0 Å². The smallest absolute Gasteiger partial charge is 0.271 e. The first-order chi connectivity index (χ1) is 10.6. The molecule has 6 nitrogen and oxygen atoms in total. The Bertz CT molecular complexity index is 740. The highest BCUT2D eigenvalue weighted by Gasteiger charge is 2.22. The van der Waals surface area contributed by atoms with E-state index in [1.165, 1.54) is 5.01 Å². The summed E-state index contributed by atoms with van der Waals surface area (Å²) in [6.45, 7) is 0. The third-order valence-corrected chi connectivity index (χ3v) is 4.09. The second-order valence-electron chi connectivity index (χ2n) is 4.84. The molecule has 1 aromatic carbocycles. The number of amides is 2. The summed E-state index contributed by atoms with van der Waals surface area (Å²) in [6.07, 6.45) is 2.41. The zero-order valence-electron chi connectivity index (χ0n) is 11.9. The second-order valence-corrected chi connectivity index (χ2v) is 5.73. The zero-order valence-corrected chi connectivity index (χ0v) is 12.8. The molecule has 2 heterocycles. The lowest BCUT2D eigenvalue weighted by Gasteiger charge is -2.18. The van der Waals surface area contributed by atoms with Crippen LogP contribution in [0.1, 0.15) is 12.8 Å². The molecular weight excluding hydrogens is 300 g/mol. The van der Waals surface area contributed by atoms with Gasteiger partial charge in [-0.2, -0.15) is 5.10 Å². The molecule has 0 saturated heterocycles. The average molecular weight is 314 g/mol. The molecule has 0 bridgehead atoms. The molecule has 1 aromatic heterocycles. The Morgan fingerprint density at radius 1 is 1.36 bits per heavy atom. The fraction of sp³-hybridized carbons (Fsp3) is 0.200. The van der Waals surface area contributed by atoms with E-state index in [0.717, 1.165) is 10.6 Å². The molecule has 112 valence electrons. The number of benzene rings is 1. The number of hydrogen-bond acceptors (Lipinski definition) is 5. The number of carbonyl (C=O) groups is 2. The van der Waals surface area contributed by atoms with Crippen LogP contribution in [0.3, 0.4) is 0 Å². The van der Waals surface area contributed by atoms with Gasteiger partial charge in [0, 0.05) is 42.7 Å². The summed E-state index contributed by atoms with van der Waals surface area (Å²) in [5.41, 5.74) is 1.99. The van der Waals surface area contributed by atoms with Gasteiger partial charge >= 0.3 is 0 Å². The van der Waals surface area contributed by atoms with Gasteiger partial charge in [-0.05, 0) is 12.1 Å². The van der Waals surface area contributed by atoms with Gasteiger partial charge in [0.2, 0.25) is 5.91 Å². The number of nitrogens with zero attached hydrogens (tertiary/aromatic N) is 3. The zero-order chi connectivity index (χ0) is 15.5. The summed E-state index contributed by atoms with van der Waals surface area (Å²) in [5, 5.41) is 10.8. The van der Waals surface area contributed by atoms with E-state index in [9.17, 15) is 9.59 Å². The highest BCUT2D eigenvalue weighted by atomic mass is 32.1. The van der Waals surface area contributed by atoms with E-state index >= 15 is 0 Å². The number of aromatic nitrogens is 1. The lowest BCUT2D eigenvalue weighted by atomic mass is 10.1. The Labute approximate surface area is 131 Å². The molecule has 0 unspecified atom stereocenters. The molecule has 0 atom stereocenters. The third-order valence-electron chi connectivity index (χ3n) is 3.27. The molecule has 7 heteroatoms. The van der Waals surface area contributed by atoms with Crippen LogP contribution in [-0.4, -0.2) is 34.6 Å². The van der Waals surface area contributed by atoms with E-state index in [2.05, 4.69) is 15.4 Å². The van der Waals surface area contributed by atoms with Gasteiger partial charge < -0.3 is 5.32 Å². The number of nitrogens with one attached hydrogen (secondary N) is 1. The first kappa shape index (κ1) is 14.4. The molecule has 1 N–H and O–H groups in total. The Balaban J connectivity index is 1.76. The minimum absolute atomic E-state index is 0.0812. The van der Waals surface area contributed by atoms with Gasteiger partial charge in [-0.1, -0.05) is 12.1 Å². The van der Waals surface area contributed by atoms with Crippen molar-refractivity contribution in [1.82, 2.24) is 9.99 Å². The maximum atomic E-state index is 12.2. The van der Waals surface area contributed by atoms with E-state index in [1.807, 2.05) is 29.6 Å². The first-order valence-corrected chi connectivity index (χ1v) is 7.67. The van der Waals surface area contributed by atoms with Gasteiger partial charge in [0.15, 0.2) is 0 Å². The van der Waals surface area contributed by atoms with Crippen LogP contribution in [0.25, 0.3) is 10.6 Å². The molecule has 0 radical (unpaired) electrons. The molecule has 0 fully saturated rings. The van der Waals surface area contributed by atoms with Gasteiger partial charge in [-0.15, -0.1) is 11.3 Å². The standard InChI is InChI=1S/C15H14N4O2S/c1-19-13(20)6-5-12(18-19)14(21)17-11-4-2-3-10(9-11)15-16-7-8-22-15/h2-4,7-9H,5-6H2,1H3,(H,17,21). The minimum Gasteiger partial charge on any atom is -0.321 e. The predicted octanol–water partition coefficient (Wildman–Crippen LogP) is 2.36. The fourth-order valence-electron chi connectivity index (χ4n) is 2.13. The normalized spacial score (nSPS) is 14.7. The molecular formula is C15H14N4O2S. The number of carbonyl (C=O) groups excluding carboxylic acids is 2. The van der Waals surface area contributed by atoms with Gasteiger partial charge in [0.05, 0.1) is 0 Å². The molecule has 3 rings (SSSR count). The van der Waals surface area contributed by atoms with Gasteiger partial charge in [-0.25, -0.2) is 9.99 Å². The van der Waals surface area contributed by atoms with E-state index < -0.39 is 0 Å². The van der Waals surface area contributed by atoms with Crippen molar-refractivity contribution in [3.05, 3.63) is 35.8 Å². The lowest BCUT2D eigenvalue weighted by molar-refractivity contribution is -0.130. The Morgan fingerprint density at radius 3 is 2.95 bits per heavy atom. The highest BCUT2D eigenvalue weighted by molar-refractivity contribution is 7.13. The summed E-state index contributed by atoms with van der Waals surface area (Å²) in [7, 11) is 1.55. The molecule has 22 heavy (non-hydrogen) atoms. The lowest BCUT2D eigenvalue weighted by Crippen LogP contribution is -2.34. The summed E-state index contributed by atoms with van der Waals surface area (Å²) in [6, 6.07) is 7.49. The summed E-state index contributed by atoms with van der Waals surface area (Å²) < 4.78 is 0. The quantitative estimate of drug-likeness (QED) is 0.945. The van der Waals surface area contributed by atoms with Crippen LogP contribution in [0.2, 0.25) is 0 Å². The van der Waals surface area contributed by atoms with Crippen molar-refractivity contribution in [2.75, 3.05) is 12.4 Å². The number of hydrazone groups is 1. The Morgan fingerprint density at radius 2 is 2.23 bits per heavy atom. The van der Waals surface area contributed by atoms with E-state index in [4.69, 9.17) is 0 Å². The summed E-state index contributed by atoms with van der Waals surface area (Å²) in [4.78, 5) is 27.9. The van der Waals surface area contributed by atoms with Crippen LogP contribution < -0.4 is 5.32 Å². The number of rotatable bonds is 3. The minimum atomic E-state index is -0.282. The van der Waals surface area contributed by atoms with Crippen LogP contribution in [0.15, 0.2) is 40.9 Å². The largest absolute Gasteiger partial charge is 0.321 e. The highest BCUT2D eigenvalue weighted by Crippen LogP contribution is 2.24. The molecule has 0 spiro atoms. The Kier molecular flexibility index (Phi) is 3.97. The maximum absolute atomic E-state index is 12.2. The third kappa shape index (κ3) is 3.04. The monoisotopic (exact) mass is 314 g/mol. The van der Waals surface area contributed by atoms with Crippen molar-refractivity contribution < 1.29 is 9.59 Å². The molecule has 2 aromatic rings. The maximum Gasteiger partial charge on any atom is 0.271 e. The van der Waals surface area contributed by atoms with E-state index in [0.29, 0.717) is 24.2 Å². The van der Waals surface area contributed by atoms with E-state index in [-0.39, 0.29) is 11.8 Å². The van der Waals surface area contributed by atoms with Crippen LogP contribution in [0.4, 0.5) is 5.69 Å². The fourth-order valence-corrected chi connectivity index (χ4v) is 2.77. The molecule has 1 aliphatic rings. The molecule has 0 aliphatic carbocycles. The van der Waals surface area contributed by atoms with Crippen molar-refractivity contribution in [3.8, 4) is 10.6 Å². The summed E-state index contributed by atoms with van der Waals surface area (Å²) >= 11 is 1.54. The predicted molar refractivity (Wildman–Crippen MR) is 85.6 cm³/mol. The van der Waals surface area contributed by atoms with Crippen molar-refractivity contribution in [2.24, 2.45) is 5.10 Å². The van der Waals surface area contributed by atoms with Crippen molar-refractivity contribution >= 4 is 34.6 Å². The second kappa shape index (κ2) is 6.07. The van der Waals surface area contributed by atoms with Gasteiger partial charge in [-0.3, -0.25) is 9.59 Å². The van der Waals surface area contributed by atoms with Crippen molar-refractivity contribution in [1.29, 1.82) is 0 Å². The molecule has 2 amide bonds. The average Bonchev–Trinajstić information content (AvgIpc) is 3.04.